The van der Waals surface area contributed by atoms with Gasteiger partial charge in [0, 0.05) is 18.9 Å². The van der Waals surface area contributed by atoms with Gasteiger partial charge in [0.1, 0.15) is 0 Å². The van der Waals surface area contributed by atoms with Gasteiger partial charge in [-0.2, -0.15) is 4.98 Å². The third-order valence-corrected chi connectivity index (χ3v) is 6.21. The van der Waals surface area contributed by atoms with Crippen molar-refractivity contribution in [2.24, 2.45) is 11.8 Å². The summed E-state index contributed by atoms with van der Waals surface area (Å²) in [5.41, 5.74) is 2.65. The minimum absolute atomic E-state index is 0.498. The molecular formula is C25H31N3O. The van der Waals surface area contributed by atoms with Gasteiger partial charge in [-0.25, -0.2) is 0 Å². The van der Waals surface area contributed by atoms with E-state index in [4.69, 9.17) is 4.52 Å². The van der Waals surface area contributed by atoms with E-state index >= 15 is 0 Å². The van der Waals surface area contributed by atoms with Crippen LogP contribution in [0.4, 0.5) is 0 Å². The first-order valence-corrected chi connectivity index (χ1v) is 10.8. The molecule has 1 aliphatic rings. The van der Waals surface area contributed by atoms with Crippen LogP contribution < -0.4 is 0 Å². The van der Waals surface area contributed by atoms with Crippen molar-refractivity contribution in [3.05, 3.63) is 83.5 Å². The second-order valence-electron chi connectivity index (χ2n) is 8.57. The Morgan fingerprint density at radius 1 is 0.931 bits per heavy atom. The smallest absolute Gasteiger partial charge is 0.226 e. The van der Waals surface area contributed by atoms with E-state index in [1.165, 1.54) is 36.8 Å². The van der Waals surface area contributed by atoms with Crippen LogP contribution in [0, 0.1) is 11.8 Å². The molecule has 152 valence electrons. The largest absolute Gasteiger partial charge is 0.339 e. The van der Waals surface area contributed by atoms with Crippen LogP contribution in [0.2, 0.25) is 0 Å². The number of hydrogen-bond acceptors (Lipinski definition) is 4. The fraction of sp³-hybridized carbons (Fsp3) is 0.440. The lowest BCUT2D eigenvalue weighted by atomic mass is 9.75. The minimum atomic E-state index is 0.498. The maximum atomic E-state index is 5.55. The Labute approximate surface area is 173 Å². The maximum Gasteiger partial charge on any atom is 0.226 e. The van der Waals surface area contributed by atoms with Gasteiger partial charge in [0.2, 0.25) is 5.89 Å². The number of nitrogens with zero attached hydrogens (tertiary/aromatic N) is 3. The third kappa shape index (κ3) is 5.13. The Bertz CT molecular complexity index is 867. The van der Waals surface area contributed by atoms with Crippen LogP contribution in [0.5, 0.6) is 0 Å². The molecule has 0 aliphatic heterocycles. The second kappa shape index (κ2) is 9.36. The molecule has 29 heavy (non-hydrogen) atoms. The van der Waals surface area contributed by atoms with Crippen molar-refractivity contribution >= 4 is 0 Å². The first kappa shape index (κ1) is 19.8. The highest BCUT2D eigenvalue weighted by Crippen LogP contribution is 2.40. The molecule has 0 amide bonds. The van der Waals surface area contributed by atoms with Crippen molar-refractivity contribution in [3.8, 4) is 0 Å². The Kier molecular flexibility index (Phi) is 6.40. The molecular weight excluding hydrogens is 358 g/mol. The van der Waals surface area contributed by atoms with Gasteiger partial charge < -0.3 is 9.42 Å². The predicted molar refractivity (Wildman–Crippen MR) is 116 cm³/mol. The van der Waals surface area contributed by atoms with Gasteiger partial charge >= 0.3 is 0 Å². The molecule has 0 N–H and O–H groups in total. The lowest BCUT2D eigenvalue weighted by Crippen LogP contribution is -2.30. The molecule has 1 aliphatic carbocycles. The van der Waals surface area contributed by atoms with Crippen LogP contribution in [0.3, 0.4) is 0 Å². The zero-order valence-electron chi connectivity index (χ0n) is 17.5. The van der Waals surface area contributed by atoms with Gasteiger partial charge in [-0.05, 0) is 62.7 Å². The van der Waals surface area contributed by atoms with E-state index in [1.807, 2.05) is 18.2 Å². The van der Waals surface area contributed by atoms with Gasteiger partial charge in [-0.1, -0.05) is 65.8 Å². The van der Waals surface area contributed by atoms with Crippen molar-refractivity contribution in [3.63, 3.8) is 0 Å². The Morgan fingerprint density at radius 2 is 1.59 bits per heavy atom. The average molecular weight is 390 g/mol. The van der Waals surface area contributed by atoms with Crippen LogP contribution in [-0.4, -0.2) is 29.1 Å². The SMILES string of the molecule is CN(C)C(c1ccccc1)C1CCC(Cc2nc(Cc3ccccc3)no2)CC1. The zero-order valence-corrected chi connectivity index (χ0v) is 17.5. The number of aromatic nitrogens is 2. The van der Waals surface area contributed by atoms with Crippen molar-refractivity contribution in [2.75, 3.05) is 14.1 Å². The number of hydrogen-bond donors (Lipinski definition) is 0. The maximum absolute atomic E-state index is 5.55. The first-order valence-electron chi connectivity index (χ1n) is 10.8. The van der Waals surface area contributed by atoms with Crippen LogP contribution >= 0.6 is 0 Å². The van der Waals surface area contributed by atoms with Crippen LogP contribution in [-0.2, 0) is 12.8 Å². The molecule has 1 saturated carbocycles. The molecule has 1 unspecified atom stereocenters. The quantitative estimate of drug-likeness (QED) is 0.549. The molecule has 4 rings (SSSR count). The first-order chi connectivity index (χ1) is 14.2. The van der Waals surface area contributed by atoms with Crippen LogP contribution in [0.25, 0.3) is 0 Å². The number of benzene rings is 2. The van der Waals surface area contributed by atoms with E-state index in [2.05, 4.69) is 71.6 Å². The lowest BCUT2D eigenvalue weighted by molar-refractivity contribution is 0.146. The van der Waals surface area contributed by atoms with Gasteiger partial charge in [-0.3, -0.25) is 0 Å². The molecule has 1 aromatic heterocycles. The molecule has 0 spiro atoms. The Morgan fingerprint density at radius 3 is 2.24 bits per heavy atom. The molecule has 3 aromatic rings. The Hall–Kier alpha value is -2.46. The van der Waals surface area contributed by atoms with Crippen molar-refractivity contribution < 1.29 is 4.52 Å². The monoisotopic (exact) mass is 389 g/mol. The van der Waals surface area contributed by atoms with Crippen molar-refractivity contribution in [1.82, 2.24) is 15.0 Å². The lowest BCUT2D eigenvalue weighted by Gasteiger charge is -2.37. The van der Waals surface area contributed by atoms with Gasteiger partial charge in [-0.15, -0.1) is 0 Å². The normalized spacial score (nSPS) is 20.7. The fourth-order valence-corrected chi connectivity index (χ4v) is 4.82. The van der Waals surface area contributed by atoms with Crippen LogP contribution in [0.1, 0.15) is 54.6 Å². The molecule has 4 nitrogen and oxygen atoms in total. The zero-order chi connectivity index (χ0) is 20.1. The summed E-state index contributed by atoms with van der Waals surface area (Å²) in [5, 5.41) is 4.19. The summed E-state index contributed by atoms with van der Waals surface area (Å²) in [6.07, 6.45) is 6.63. The topological polar surface area (TPSA) is 42.2 Å². The van der Waals surface area contributed by atoms with E-state index in [0.29, 0.717) is 17.9 Å². The van der Waals surface area contributed by atoms with E-state index in [0.717, 1.165) is 24.6 Å². The van der Waals surface area contributed by atoms with E-state index in [-0.39, 0.29) is 0 Å². The fourth-order valence-electron chi connectivity index (χ4n) is 4.82. The summed E-state index contributed by atoms with van der Waals surface area (Å²) in [6.45, 7) is 0. The summed E-state index contributed by atoms with van der Waals surface area (Å²) in [7, 11) is 4.41. The van der Waals surface area contributed by atoms with Crippen molar-refractivity contribution in [1.29, 1.82) is 0 Å². The standard InChI is InChI=1S/C25H31N3O/c1-28(2)25(21-11-7-4-8-12-21)22-15-13-20(14-16-22)18-24-26-23(27-29-24)17-19-9-5-3-6-10-19/h3-12,20,22,25H,13-18H2,1-2H3. The molecule has 1 atom stereocenters. The van der Waals surface area contributed by atoms with E-state index in [9.17, 15) is 0 Å². The average Bonchev–Trinajstić information content (AvgIpc) is 3.17. The summed E-state index contributed by atoms with van der Waals surface area (Å²) >= 11 is 0. The summed E-state index contributed by atoms with van der Waals surface area (Å²) in [5.74, 6) is 2.94. The molecule has 1 heterocycles. The molecule has 4 heteroatoms. The van der Waals surface area contributed by atoms with Crippen molar-refractivity contribution in [2.45, 2.75) is 44.6 Å². The molecule has 0 radical (unpaired) electrons. The van der Waals surface area contributed by atoms with Gasteiger partial charge in [0.05, 0.1) is 0 Å². The van der Waals surface area contributed by atoms with Crippen LogP contribution in [0.15, 0.2) is 65.2 Å². The highest BCUT2D eigenvalue weighted by Gasteiger charge is 2.30. The summed E-state index contributed by atoms with van der Waals surface area (Å²) in [4.78, 5) is 7.03. The van der Waals surface area contributed by atoms with E-state index in [1.54, 1.807) is 0 Å². The minimum Gasteiger partial charge on any atom is -0.339 e. The second-order valence-corrected chi connectivity index (χ2v) is 8.57. The summed E-state index contributed by atoms with van der Waals surface area (Å²) in [6, 6.07) is 21.8. The highest BCUT2D eigenvalue weighted by molar-refractivity contribution is 5.20. The van der Waals surface area contributed by atoms with Gasteiger partial charge in [0.15, 0.2) is 5.82 Å². The highest BCUT2D eigenvalue weighted by atomic mass is 16.5. The molecule has 0 saturated heterocycles. The van der Waals surface area contributed by atoms with E-state index < -0.39 is 0 Å². The molecule has 1 fully saturated rings. The number of rotatable bonds is 7. The summed E-state index contributed by atoms with van der Waals surface area (Å²) < 4.78 is 5.55. The third-order valence-electron chi connectivity index (χ3n) is 6.21. The Balaban J connectivity index is 1.32. The molecule has 2 aromatic carbocycles. The predicted octanol–water partition coefficient (Wildman–Crippen LogP) is 5.31. The van der Waals surface area contributed by atoms with Gasteiger partial charge in [0.25, 0.3) is 0 Å². The molecule has 0 bridgehead atoms.